The lowest BCUT2D eigenvalue weighted by molar-refractivity contribution is -0.163. The number of nitrogens with one attached hydrogen (secondary N) is 2. The number of ether oxygens (including phenoxy) is 1. The molecule has 0 aliphatic carbocycles. The number of aliphatic hydroxyl groups excluding tert-OH is 1. The van der Waals surface area contributed by atoms with Gasteiger partial charge in [-0.3, -0.25) is 24.6 Å². The largest absolute Gasteiger partial charge is 0.512 e. The number of hydrogen-bond acceptors (Lipinski definition) is 8. The number of hydrogen-bond donors (Lipinski definition) is 4. The van der Waals surface area contributed by atoms with Crippen LogP contribution in [0.2, 0.25) is 0 Å². The van der Waals surface area contributed by atoms with Crippen LogP contribution in [0.4, 0.5) is 4.79 Å². The van der Waals surface area contributed by atoms with E-state index < -0.39 is 18.2 Å². The van der Waals surface area contributed by atoms with Crippen molar-refractivity contribution in [3.63, 3.8) is 0 Å². The zero-order valence-corrected chi connectivity index (χ0v) is 17.5. The van der Waals surface area contributed by atoms with E-state index in [9.17, 15) is 24.3 Å². The molecule has 0 bridgehead atoms. The number of nitrogens with zero attached hydrogens (tertiary/aromatic N) is 1. The summed E-state index contributed by atoms with van der Waals surface area (Å²) in [7, 11) is 0. The SMILES string of the molecule is C[C@@H](O)[C@H]1C(=O)N2C(OC(=O)O)=C(S[C@@H]3CN[C@H](CC4CC(=O)NC4=O)C3)[C@H](C)[C@H]12. The number of aliphatic hydroxyl groups is 1. The number of carboxylic acid groups (broad SMARTS) is 1. The topological polar surface area (TPSA) is 145 Å². The summed E-state index contributed by atoms with van der Waals surface area (Å²) >= 11 is 1.49. The van der Waals surface area contributed by atoms with Crippen molar-refractivity contribution in [2.24, 2.45) is 17.8 Å². The molecule has 0 saturated carbocycles. The highest BCUT2D eigenvalue weighted by atomic mass is 32.2. The summed E-state index contributed by atoms with van der Waals surface area (Å²) in [6.45, 7) is 4.13. The lowest BCUT2D eigenvalue weighted by Crippen LogP contribution is -2.63. The van der Waals surface area contributed by atoms with Crippen molar-refractivity contribution in [1.82, 2.24) is 15.5 Å². The first-order valence-corrected chi connectivity index (χ1v) is 10.9. The van der Waals surface area contributed by atoms with Gasteiger partial charge < -0.3 is 20.3 Å². The molecule has 4 aliphatic rings. The molecule has 0 aromatic rings. The Hall–Kier alpha value is -2.11. The van der Waals surface area contributed by atoms with Gasteiger partial charge in [-0.2, -0.15) is 0 Å². The fourth-order valence-electron chi connectivity index (χ4n) is 4.97. The van der Waals surface area contributed by atoms with Crippen molar-refractivity contribution in [2.75, 3.05) is 6.54 Å². The number of imide groups is 1. The Balaban J connectivity index is 1.44. The van der Waals surface area contributed by atoms with Crippen molar-refractivity contribution >= 4 is 35.6 Å². The summed E-state index contributed by atoms with van der Waals surface area (Å²) < 4.78 is 4.99. The highest BCUT2D eigenvalue weighted by Gasteiger charge is 2.60. The molecule has 0 radical (unpaired) electrons. The average Bonchev–Trinajstić information content (AvgIpc) is 3.26. The summed E-state index contributed by atoms with van der Waals surface area (Å²) in [6.07, 6.45) is -0.776. The molecule has 4 heterocycles. The number of thioether (sulfide) groups is 1. The molecule has 1 unspecified atom stereocenters. The van der Waals surface area contributed by atoms with E-state index in [0.717, 1.165) is 6.42 Å². The van der Waals surface area contributed by atoms with Crippen molar-refractivity contribution < 1.29 is 34.1 Å². The normalized spacial score (nSPS) is 36.6. The number of rotatable bonds is 6. The van der Waals surface area contributed by atoms with Gasteiger partial charge in [-0.25, -0.2) is 4.79 Å². The van der Waals surface area contributed by atoms with E-state index >= 15 is 0 Å². The Morgan fingerprint density at radius 1 is 1.37 bits per heavy atom. The number of amides is 3. The molecule has 3 saturated heterocycles. The molecule has 11 heteroatoms. The molecule has 3 amide bonds. The van der Waals surface area contributed by atoms with Gasteiger partial charge >= 0.3 is 6.16 Å². The fraction of sp³-hybridized carbons (Fsp3) is 0.684. The van der Waals surface area contributed by atoms with Crippen LogP contribution < -0.4 is 10.6 Å². The van der Waals surface area contributed by atoms with Crippen LogP contribution >= 0.6 is 11.8 Å². The van der Waals surface area contributed by atoms with Gasteiger partial charge in [0, 0.05) is 36.1 Å². The van der Waals surface area contributed by atoms with Crippen LogP contribution in [-0.4, -0.2) is 69.0 Å². The van der Waals surface area contributed by atoms with E-state index in [0.29, 0.717) is 17.9 Å². The zero-order valence-electron chi connectivity index (χ0n) is 16.7. The standard InChI is InChI=1S/C19H25N3O7S/c1-7-14-13(8(2)23)17(26)22(14)18(29-19(27)28)15(7)30-11-5-10(20-6-11)3-9-4-12(24)21-16(9)25/h7-11,13-14,20,23H,3-6H2,1-2H3,(H,27,28)(H,21,24,25)/t7-,8-,9?,10-,11+,13-,14-/m1/s1. The number of fused-ring (bicyclic) bond motifs is 1. The van der Waals surface area contributed by atoms with Crippen LogP contribution in [0.15, 0.2) is 10.8 Å². The minimum absolute atomic E-state index is 0.0520. The van der Waals surface area contributed by atoms with Crippen molar-refractivity contribution in [3.05, 3.63) is 10.8 Å². The molecule has 7 atom stereocenters. The highest BCUT2D eigenvalue weighted by Crippen LogP contribution is 2.52. The van der Waals surface area contributed by atoms with Gasteiger partial charge in [0.15, 0.2) is 0 Å². The second-order valence-corrected chi connectivity index (χ2v) is 9.76. The van der Waals surface area contributed by atoms with Gasteiger partial charge in [0.05, 0.1) is 23.0 Å². The lowest BCUT2D eigenvalue weighted by atomic mass is 9.79. The minimum Gasteiger partial charge on any atom is -0.449 e. The molecular weight excluding hydrogens is 414 g/mol. The first-order chi connectivity index (χ1) is 14.2. The van der Waals surface area contributed by atoms with E-state index in [2.05, 4.69) is 10.6 Å². The predicted molar refractivity (Wildman–Crippen MR) is 105 cm³/mol. The maximum atomic E-state index is 12.5. The lowest BCUT2D eigenvalue weighted by Gasteiger charge is -2.45. The first-order valence-electron chi connectivity index (χ1n) is 10.1. The molecule has 0 spiro atoms. The first kappa shape index (κ1) is 21.1. The molecule has 0 aromatic carbocycles. The van der Waals surface area contributed by atoms with Crippen LogP contribution in [-0.2, 0) is 19.1 Å². The summed E-state index contributed by atoms with van der Waals surface area (Å²) in [5, 5.41) is 24.9. The van der Waals surface area contributed by atoms with E-state index in [4.69, 9.17) is 9.84 Å². The summed E-state index contributed by atoms with van der Waals surface area (Å²) in [5.41, 5.74) is 0. The van der Waals surface area contributed by atoms with Gasteiger partial charge in [-0.15, -0.1) is 11.8 Å². The molecule has 4 N–H and O–H groups in total. The number of carbonyl (C=O) groups excluding carboxylic acids is 3. The van der Waals surface area contributed by atoms with E-state index in [1.807, 2.05) is 6.92 Å². The maximum absolute atomic E-state index is 12.5. The number of carbonyl (C=O) groups is 4. The van der Waals surface area contributed by atoms with Crippen molar-refractivity contribution in [2.45, 2.75) is 56.5 Å². The van der Waals surface area contributed by atoms with Crippen LogP contribution in [0.1, 0.15) is 33.1 Å². The molecule has 0 aromatic heterocycles. The quantitative estimate of drug-likeness (QED) is 0.259. The van der Waals surface area contributed by atoms with E-state index in [1.54, 1.807) is 6.92 Å². The fourth-order valence-corrected chi connectivity index (χ4v) is 6.44. The maximum Gasteiger partial charge on any atom is 0.512 e. The second kappa shape index (κ2) is 7.86. The Bertz CT molecular complexity index is 829. The molecule has 4 rings (SSSR count). The van der Waals surface area contributed by atoms with Gasteiger partial charge in [0.1, 0.15) is 0 Å². The van der Waals surface area contributed by atoms with Crippen LogP contribution in [0.3, 0.4) is 0 Å². The predicted octanol–water partition coefficient (Wildman–Crippen LogP) is 0.224. The van der Waals surface area contributed by atoms with Gasteiger partial charge in [0.25, 0.3) is 0 Å². The Labute approximate surface area is 177 Å². The Morgan fingerprint density at radius 3 is 2.70 bits per heavy atom. The van der Waals surface area contributed by atoms with Gasteiger partial charge in [-0.05, 0) is 19.8 Å². The number of β-lactam (4-membered cyclic amide) rings is 1. The highest BCUT2D eigenvalue weighted by molar-refractivity contribution is 8.03. The summed E-state index contributed by atoms with van der Waals surface area (Å²) in [6, 6.07) is -0.234. The third-order valence-electron chi connectivity index (χ3n) is 6.36. The monoisotopic (exact) mass is 439 g/mol. The summed E-state index contributed by atoms with van der Waals surface area (Å²) in [4.78, 5) is 48.9. The molecular formula is C19H25N3O7S. The zero-order chi connectivity index (χ0) is 21.7. The third kappa shape index (κ3) is 3.58. The Kier molecular flexibility index (Phi) is 5.54. The van der Waals surface area contributed by atoms with E-state index in [1.165, 1.54) is 16.7 Å². The summed E-state index contributed by atoms with van der Waals surface area (Å²) in [5.74, 6) is -1.78. The van der Waals surface area contributed by atoms with Gasteiger partial charge in [0.2, 0.25) is 23.6 Å². The molecule has 164 valence electrons. The van der Waals surface area contributed by atoms with Crippen LogP contribution in [0, 0.1) is 17.8 Å². The molecule has 10 nitrogen and oxygen atoms in total. The van der Waals surface area contributed by atoms with Crippen LogP contribution in [0.5, 0.6) is 0 Å². The average molecular weight is 439 g/mol. The van der Waals surface area contributed by atoms with Crippen LogP contribution in [0.25, 0.3) is 0 Å². The molecule has 4 aliphatic heterocycles. The molecule has 30 heavy (non-hydrogen) atoms. The Morgan fingerprint density at radius 2 is 2.10 bits per heavy atom. The third-order valence-corrected chi connectivity index (χ3v) is 7.85. The van der Waals surface area contributed by atoms with E-state index in [-0.39, 0.29) is 59.2 Å². The van der Waals surface area contributed by atoms with Crippen molar-refractivity contribution in [3.8, 4) is 0 Å². The van der Waals surface area contributed by atoms with Gasteiger partial charge in [-0.1, -0.05) is 6.92 Å². The van der Waals surface area contributed by atoms with Crippen molar-refractivity contribution in [1.29, 1.82) is 0 Å². The second-order valence-electron chi connectivity index (χ2n) is 8.42. The smallest absolute Gasteiger partial charge is 0.449 e. The minimum atomic E-state index is -1.48. The molecule has 3 fully saturated rings.